The lowest BCUT2D eigenvalue weighted by atomic mass is 10.9. The molecule has 0 bridgehead atoms. The Kier molecular flexibility index (Phi) is 1.32. The summed E-state index contributed by atoms with van der Waals surface area (Å²) in [5.74, 6) is 0. The summed E-state index contributed by atoms with van der Waals surface area (Å²) in [7, 11) is 0. The topological polar surface area (TPSA) is 69.6 Å². The first kappa shape index (κ1) is 6.29. The maximum Gasteiger partial charge on any atom is 0.198 e. The van der Waals surface area contributed by atoms with Crippen LogP contribution in [-0.2, 0) is 0 Å². The van der Waals surface area contributed by atoms with Crippen LogP contribution in [0.1, 0.15) is 0 Å². The zero-order valence-electron chi connectivity index (χ0n) is 5.51. The molecule has 0 aromatic carbocycles. The number of aromatic nitrogens is 4. The first-order chi connectivity index (χ1) is 5.36. The second kappa shape index (κ2) is 2.31. The average molecular weight is 167 g/mol. The van der Waals surface area contributed by atoms with E-state index in [2.05, 4.69) is 15.2 Å². The normalized spacial score (nSPS) is 10.2. The van der Waals surface area contributed by atoms with Gasteiger partial charge in [0.15, 0.2) is 5.13 Å². The van der Waals surface area contributed by atoms with E-state index in [1.54, 1.807) is 23.4 Å². The number of hydrogen-bond donors (Lipinski definition) is 1. The van der Waals surface area contributed by atoms with Crippen LogP contribution in [0.2, 0.25) is 0 Å². The average Bonchev–Trinajstić information content (AvgIpc) is 2.55. The number of thiazole rings is 1. The van der Waals surface area contributed by atoms with Crippen molar-refractivity contribution >= 4 is 16.3 Å². The second-order valence-electron chi connectivity index (χ2n) is 1.91. The molecule has 2 aromatic rings. The molecule has 0 radical (unpaired) electrons. The predicted molar refractivity (Wildman–Crippen MR) is 41.4 cm³/mol. The molecular formula is C5H5N5S. The molecule has 0 fully saturated rings. The first-order valence-electron chi connectivity index (χ1n) is 2.92. The van der Waals surface area contributed by atoms with Gasteiger partial charge in [0.25, 0.3) is 0 Å². The fourth-order valence-corrected chi connectivity index (χ4v) is 1.32. The van der Waals surface area contributed by atoms with Gasteiger partial charge in [0, 0.05) is 0 Å². The Morgan fingerprint density at radius 2 is 2.09 bits per heavy atom. The Morgan fingerprint density at radius 1 is 1.36 bits per heavy atom. The Balaban J connectivity index is 2.45. The summed E-state index contributed by atoms with van der Waals surface area (Å²) in [6, 6.07) is 0. The van der Waals surface area contributed by atoms with Crippen molar-refractivity contribution in [2.75, 3.05) is 5.73 Å². The fourth-order valence-electron chi connectivity index (χ4n) is 0.696. The molecular weight excluding hydrogens is 162 g/mol. The van der Waals surface area contributed by atoms with Crippen molar-refractivity contribution in [1.29, 1.82) is 0 Å². The van der Waals surface area contributed by atoms with Crippen LogP contribution in [0.15, 0.2) is 18.9 Å². The van der Waals surface area contributed by atoms with Crippen LogP contribution in [0, 0.1) is 0 Å². The number of nitrogens with two attached hydrogens (primary N) is 1. The summed E-state index contributed by atoms with van der Waals surface area (Å²) >= 11 is 1.40. The van der Waals surface area contributed by atoms with Crippen molar-refractivity contribution in [2.45, 2.75) is 0 Å². The molecule has 0 aliphatic carbocycles. The van der Waals surface area contributed by atoms with E-state index in [1.807, 2.05) is 0 Å². The maximum atomic E-state index is 5.49. The van der Waals surface area contributed by atoms with Crippen LogP contribution >= 0.6 is 11.3 Å². The van der Waals surface area contributed by atoms with Crippen LogP contribution < -0.4 is 5.73 Å². The third kappa shape index (κ3) is 1.07. The zero-order chi connectivity index (χ0) is 7.68. The van der Waals surface area contributed by atoms with Gasteiger partial charge in [-0.25, -0.2) is 4.98 Å². The quantitative estimate of drug-likeness (QED) is 0.663. The number of hydrogen-bond acceptors (Lipinski definition) is 5. The molecule has 0 spiro atoms. The minimum Gasteiger partial charge on any atom is -0.389 e. The van der Waals surface area contributed by atoms with Gasteiger partial charge >= 0.3 is 0 Å². The van der Waals surface area contributed by atoms with Crippen LogP contribution in [0.3, 0.4) is 0 Å². The highest BCUT2D eigenvalue weighted by atomic mass is 32.1. The summed E-state index contributed by atoms with van der Waals surface area (Å²) < 4.78 is 1.71. The summed E-state index contributed by atoms with van der Waals surface area (Å²) in [4.78, 5) is 4.03. The summed E-state index contributed by atoms with van der Waals surface area (Å²) in [6.45, 7) is 0. The maximum absolute atomic E-state index is 5.49. The van der Waals surface area contributed by atoms with Crippen LogP contribution in [0.25, 0.3) is 5.13 Å². The third-order valence-electron chi connectivity index (χ3n) is 1.15. The van der Waals surface area contributed by atoms with E-state index in [9.17, 15) is 0 Å². The van der Waals surface area contributed by atoms with Crippen molar-refractivity contribution in [2.24, 2.45) is 0 Å². The minimum atomic E-state index is 0.689. The van der Waals surface area contributed by atoms with Gasteiger partial charge in [-0.2, -0.15) is 0 Å². The molecule has 11 heavy (non-hydrogen) atoms. The van der Waals surface area contributed by atoms with E-state index < -0.39 is 0 Å². The molecule has 0 unspecified atom stereocenters. The molecule has 0 aliphatic heterocycles. The lowest BCUT2D eigenvalue weighted by Gasteiger charge is -1.88. The highest BCUT2D eigenvalue weighted by Gasteiger charge is 1.99. The molecule has 2 N–H and O–H groups in total. The van der Waals surface area contributed by atoms with Gasteiger partial charge in [-0.15, -0.1) is 10.2 Å². The lowest BCUT2D eigenvalue weighted by Crippen LogP contribution is -1.86. The predicted octanol–water partition coefficient (Wildman–Crippen LogP) is 0.306. The van der Waals surface area contributed by atoms with E-state index in [0.29, 0.717) is 5.00 Å². The SMILES string of the molecule is Nc1cnc(-n2cnnc2)s1. The molecule has 0 aliphatic rings. The van der Waals surface area contributed by atoms with Gasteiger partial charge in [-0.3, -0.25) is 4.57 Å². The third-order valence-corrected chi connectivity index (χ3v) is 1.99. The van der Waals surface area contributed by atoms with Crippen molar-refractivity contribution in [3.05, 3.63) is 18.9 Å². The van der Waals surface area contributed by atoms with Crippen molar-refractivity contribution in [3.63, 3.8) is 0 Å². The van der Waals surface area contributed by atoms with E-state index in [1.165, 1.54) is 11.3 Å². The number of anilines is 1. The van der Waals surface area contributed by atoms with Crippen molar-refractivity contribution < 1.29 is 0 Å². The first-order valence-corrected chi connectivity index (χ1v) is 3.74. The van der Waals surface area contributed by atoms with Crippen molar-refractivity contribution in [1.82, 2.24) is 19.7 Å². The molecule has 2 heterocycles. The number of rotatable bonds is 1. The molecule has 56 valence electrons. The number of nitrogens with zero attached hydrogens (tertiary/aromatic N) is 4. The Morgan fingerprint density at radius 3 is 2.64 bits per heavy atom. The molecule has 0 saturated heterocycles. The van der Waals surface area contributed by atoms with Gasteiger partial charge in [0.1, 0.15) is 17.7 Å². The zero-order valence-corrected chi connectivity index (χ0v) is 6.32. The highest BCUT2D eigenvalue weighted by molar-refractivity contribution is 7.17. The lowest BCUT2D eigenvalue weighted by molar-refractivity contribution is 1.03. The Hall–Kier alpha value is -1.43. The fraction of sp³-hybridized carbons (Fsp3) is 0. The van der Waals surface area contributed by atoms with Crippen LogP contribution in [0.4, 0.5) is 5.00 Å². The van der Waals surface area contributed by atoms with Gasteiger partial charge in [-0.1, -0.05) is 11.3 Å². The molecule has 6 heteroatoms. The van der Waals surface area contributed by atoms with E-state index >= 15 is 0 Å². The standard InChI is InChI=1S/C5H5N5S/c6-4-1-7-5(11-4)10-2-8-9-3-10/h1-3H,6H2. The Bertz CT molecular complexity index is 337. The molecule has 0 amide bonds. The summed E-state index contributed by atoms with van der Waals surface area (Å²) in [6.07, 6.45) is 4.77. The van der Waals surface area contributed by atoms with Gasteiger partial charge < -0.3 is 5.73 Å². The van der Waals surface area contributed by atoms with Crippen LogP contribution in [-0.4, -0.2) is 19.7 Å². The smallest absolute Gasteiger partial charge is 0.198 e. The molecule has 0 saturated carbocycles. The Labute approximate surface area is 66.5 Å². The van der Waals surface area contributed by atoms with Crippen molar-refractivity contribution in [3.8, 4) is 5.13 Å². The summed E-state index contributed by atoms with van der Waals surface area (Å²) in [5, 5.41) is 8.77. The molecule has 2 rings (SSSR count). The number of nitrogen functional groups attached to an aromatic ring is 1. The monoisotopic (exact) mass is 167 g/mol. The minimum absolute atomic E-state index is 0.689. The van der Waals surface area contributed by atoms with Crippen LogP contribution in [0.5, 0.6) is 0 Å². The van der Waals surface area contributed by atoms with Gasteiger partial charge in [0.05, 0.1) is 6.20 Å². The second-order valence-corrected chi connectivity index (χ2v) is 2.96. The largest absolute Gasteiger partial charge is 0.389 e. The van der Waals surface area contributed by atoms with E-state index in [-0.39, 0.29) is 0 Å². The van der Waals surface area contributed by atoms with Gasteiger partial charge in [-0.05, 0) is 0 Å². The highest BCUT2D eigenvalue weighted by Crippen LogP contribution is 2.17. The summed E-state index contributed by atoms with van der Waals surface area (Å²) in [5.41, 5.74) is 5.49. The molecule has 0 atom stereocenters. The molecule has 5 nitrogen and oxygen atoms in total. The molecule has 2 aromatic heterocycles. The van der Waals surface area contributed by atoms with E-state index in [4.69, 9.17) is 5.73 Å². The van der Waals surface area contributed by atoms with E-state index in [0.717, 1.165) is 5.13 Å². The van der Waals surface area contributed by atoms with Gasteiger partial charge in [0.2, 0.25) is 0 Å².